The number of nitrogens with zero attached hydrogens (tertiary/aromatic N) is 1. The van der Waals surface area contributed by atoms with Crippen molar-refractivity contribution in [1.29, 1.82) is 0 Å². The number of nitrogens with two attached hydrogens (primary N) is 1. The molecule has 1 aliphatic heterocycles. The molecule has 82 valence electrons. The topological polar surface area (TPSA) is 50.5 Å². The molecule has 15 heavy (non-hydrogen) atoms. The lowest BCUT2D eigenvalue weighted by Crippen LogP contribution is -2.46. The van der Waals surface area contributed by atoms with Gasteiger partial charge in [0.1, 0.15) is 12.4 Å². The second-order valence-electron chi connectivity index (χ2n) is 3.86. The van der Waals surface area contributed by atoms with Gasteiger partial charge in [-0.2, -0.15) is 0 Å². The number of fused-ring (bicyclic) bond motifs is 1. The van der Waals surface area contributed by atoms with Crippen LogP contribution < -0.4 is 20.7 Å². The molecule has 1 aromatic carbocycles. The highest BCUT2D eigenvalue weighted by Gasteiger charge is 2.23. The fourth-order valence-electron chi connectivity index (χ4n) is 1.86. The Bertz CT molecular complexity index is 354. The minimum absolute atomic E-state index is 0.381. The van der Waals surface area contributed by atoms with Gasteiger partial charge in [-0.15, -0.1) is 0 Å². The number of hydrogen-bond acceptors (Lipinski definition) is 4. The Kier molecular flexibility index (Phi) is 2.68. The lowest BCUT2D eigenvalue weighted by molar-refractivity contribution is 0.264. The van der Waals surface area contributed by atoms with E-state index < -0.39 is 0 Å². The van der Waals surface area contributed by atoms with Crippen molar-refractivity contribution in [1.82, 2.24) is 5.32 Å². The van der Waals surface area contributed by atoms with E-state index in [1.165, 1.54) is 0 Å². The number of hydrogen-bond donors (Lipinski definition) is 2. The lowest BCUT2D eigenvalue weighted by Gasteiger charge is -2.35. The first-order valence-electron chi connectivity index (χ1n) is 5.12. The van der Waals surface area contributed by atoms with Gasteiger partial charge in [0.05, 0.1) is 11.7 Å². The van der Waals surface area contributed by atoms with Crippen LogP contribution in [0.1, 0.15) is 0 Å². The predicted octanol–water partition coefficient (Wildman–Crippen LogP) is 0.685. The van der Waals surface area contributed by atoms with Crippen molar-refractivity contribution in [3.05, 3.63) is 18.2 Å². The normalized spacial score (nSPS) is 19.6. The van der Waals surface area contributed by atoms with Crippen LogP contribution in [0.2, 0.25) is 0 Å². The zero-order valence-electron chi connectivity index (χ0n) is 9.16. The van der Waals surface area contributed by atoms with Gasteiger partial charge in [-0.05, 0) is 19.2 Å². The van der Waals surface area contributed by atoms with Crippen molar-refractivity contribution in [2.45, 2.75) is 6.04 Å². The number of anilines is 2. The van der Waals surface area contributed by atoms with E-state index in [0.717, 1.165) is 23.7 Å². The van der Waals surface area contributed by atoms with Crippen molar-refractivity contribution < 1.29 is 4.74 Å². The Balaban J connectivity index is 2.26. The molecule has 1 unspecified atom stereocenters. The van der Waals surface area contributed by atoms with Crippen molar-refractivity contribution in [2.75, 3.05) is 37.9 Å². The van der Waals surface area contributed by atoms with Crippen LogP contribution in [0, 0.1) is 0 Å². The van der Waals surface area contributed by atoms with Crippen LogP contribution in [0.3, 0.4) is 0 Å². The molecule has 4 heteroatoms. The maximum absolute atomic E-state index is 5.71. The highest BCUT2D eigenvalue weighted by Crippen LogP contribution is 2.34. The molecule has 3 N–H and O–H groups in total. The maximum Gasteiger partial charge on any atom is 0.144 e. The number of benzene rings is 1. The lowest BCUT2D eigenvalue weighted by atomic mass is 10.1. The second kappa shape index (κ2) is 3.98. The van der Waals surface area contributed by atoms with Crippen LogP contribution in [0.5, 0.6) is 5.75 Å². The van der Waals surface area contributed by atoms with E-state index in [-0.39, 0.29) is 0 Å². The summed E-state index contributed by atoms with van der Waals surface area (Å²) in [6.45, 7) is 1.62. The van der Waals surface area contributed by atoms with Crippen LogP contribution in [-0.2, 0) is 0 Å². The minimum Gasteiger partial charge on any atom is -0.489 e. The minimum atomic E-state index is 0.381. The Labute approximate surface area is 90.0 Å². The predicted molar refractivity (Wildman–Crippen MR) is 62.5 cm³/mol. The van der Waals surface area contributed by atoms with Gasteiger partial charge in [0.2, 0.25) is 0 Å². The number of nitrogens with one attached hydrogen (secondary N) is 1. The van der Waals surface area contributed by atoms with Gasteiger partial charge in [0.25, 0.3) is 0 Å². The average Bonchev–Trinajstić information content (AvgIpc) is 2.22. The number of rotatable bonds is 2. The van der Waals surface area contributed by atoms with Crippen LogP contribution in [0.25, 0.3) is 0 Å². The third-order valence-corrected chi connectivity index (χ3v) is 2.78. The standard InChI is InChI=1S/C11H17N3O/c1-13-6-9-7-15-11-5-8(12)3-4-10(11)14(9)2/h3-5,9,13H,6-7,12H2,1-2H3. The molecule has 0 aliphatic carbocycles. The van der Waals surface area contributed by atoms with Gasteiger partial charge in [0, 0.05) is 25.3 Å². The monoisotopic (exact) mass is 207 g/mol. The molecule has 1 aliphatic rings. The SMILES string of the molecule is CNCC1COc2cc(N)ccc2N1C. The van der Waals surface area contributed by atoms with E-state index in [9.17, 15) is 0 Å². The summed E-state index contributed by atoms with van der Waals surface area (Å²) < 4.78 is 5.68. The zero-order chi connectivity index (χ0) is 10.8. The molecule has 0 aromatic heterocycles. The fraction of sp³-hybridized carbons (Fsp3) is 0.455. The molecule has 1 heterocycles. The average molecular weight is 207 g/mol. The van der Waals surface area contributed by atoms with Crippen LogP contribution in [0.15, 0.2) is 18.2 Å². The fourth-order valence-corrected chi connectivity index (χ4v) is 1.86. The summed E-state index contributed by atoms with van der Waals surface area (Å²) in [5, 5.41) is 3.16. The van der Waals surface area contributed by atoms with E-state index in [1.807, 2.05) is 25.2 Å². The van der Waals surface area contributed by atoms with Gasteiger partial charge in [0.15, 0.2) is 0 Å². The molecule has 2 rings (SSSR count). The number of ether oxygens (including phenoxy) is 1. The van der Waals surface area contributed by atoms with E-state index in [0.29, 0.717) is 12.6 Å². The van der Waals surface area contributed by atoms with E-state index in [1.54, 1.807) is 0 Å². The Morgan fingerprint density at radius 2 is 2.40 bits per heavy atom. The van der Waals surface area contributed by atoms with E-state index in [2.05, 4.69) is 17.3 Å². The summed E-state index contributed by atoms with van der Waals surface area (Å²) in [7, 11) is 4.03. The summed E-state index contributed by atoms with van der Waals surface area (Å²) in [6, 6.07) is 6.17. The summed E-state index contributed by atoms with van der Waals surface area (Å²) in [4.78, 5) is 2.23. The molecule has 0 saturated heterocycles. The second-order valence-corrected chi connectivity index (χ2v) is 3.86. The first kappa shape index (κ1) is 10.1. The molecule has 1 aromatic rings. The smallest absolute Gasteiger partial charge is 0.144 e. The number of nitrogen functional groups attached to an aromatic ring is 1. The molecule has 0 amide bonds. The zero-order valence-corrected chi connectivity index (χ0v) is 9.16. The van der Waals surface area contributed by atoms with Crippen LogP contribution in [0.4, 0.5) is 11.4 Å². The molecule has 0 saturated carbocycles. The van der Waals surface area contributed by atoms with Gasteiger partial charge in [-0.3, -0.25) is 0 Å². The van der Waals surface area contributed by atoms with Crippen molar-refractivity contribution in [2.24, 2.45) is 0 Å². The van der Waals surface area contributed by atoms with Crippen molar-refractivity contribution in [3.63, 3.8) is 0 Å². The molecule has 0 fully saturated rings. The quantitative estimate of drug-likeness (QED) is 0.700. The van der Waals surface area contributed by atoms with Crippen LogP contribution >= 0.6 is 0 Å². The highest BCUT2D eigenvalue weighted by molar-refractivity contribution is 5.65. The first-order chi connectivity index (χ1) is 7.22. The molecular weight excluding hydrogens is 190 g/mol. The molecular formula is C11H17N3O. The van der Waals surface area contributed by atoms with Crippen molar-refractivity contribution >= 4 is 11.4 Å². The first-order valence-corrected chi connectivity index (χ1v) is 5.12. The van der Waals surface area contributed by atoms with E-state index >= 15 is 0 Å². The largest absolute Gasteiger partial charge is 0.489 e. The Morgan fingerprint density at radius 1 is 1.60 bits per heavy atom. The van der Waals surface area contributed by atoms with Gasteiger partial charge >= 0.3 is 0 Å². The highest BCUT2D eigenvalue weighted by atomic mass is 16.5. The maximum atomic E-state index is 5.71. The summed E-state index contributed by atoms with van der Waals surface area (Å²) in [5.74, 6) is 0.879. The third-order valence-electron chi connectivity index (χ3n) is 2.78. The molecule has 0 bridgehead atoms. The summed E-state index contributed by atoms with van der Waals surface area (Å²) in [6.07, 6.45) is 0. The molecule has 4 nitrogen and oxygen atoms in total. The van der Waals surface area contributed by atoms with Gasteiger partial charge < -0.3 is 20.7 Å². The number of likely N-dealkylation sites (N-methyl/N-ethyl adjacent to an activating group) is 2. The summed E-state index contributed by atoms with van der Waals surface area (Å²) >= 11 is 0. The Morgan fingerprint density at radius 3 is 3.13 bits per heavy atom. The van der Waals surface area contributed by atoms with Gasteiger partial charge in [-0.25, -0.2) is 0 Å². The molecule has 0 spiro atoms. The third kappa shape index (κ3) is 1.85. The summed E-state index contributed by atoms with van der Waals surface area (Å²) in [5.41, 5.74) is 7.56. The Hall–Kier alpha value is -1.42. The van der Waals surface area contributed by atoms with E-state index in [4.69, 9.17) is 10.5 Å². The molecule has 0 radical (unpaired) electrons. The van der Waals surface area contributed by atoms with Crippen molar-refractivity contribution in [3.8, 4) is 5.75 Å². The van der Waals surface area contributed by atoms with Gasteiger partial charge in [-0.1, -0.05) is 0 Å². The van der Waals surface area contributed by atoms with Crippen LogP contribution in [-0.4, -0.2) is 33.3 Å². The molecule has 1 atom stereocenters.